The SMILES string of the molecule is Nc1cc(Br)c(S(=O)(=O)Nc2cnns2)c(Br)c1. The molecule has 0 unspecified atom stereocenters. The Balaban J connectivity index is 2.48. The minimum Gasteiger partial charge on any atom is -0.399 e. The van der Waals surface area contributed by atoms with Gasteiger partial charge < -0.3 is 5.73 Å². The molecule has 1 aromatic carbocycles. The molecule has 0 aliphatic heterocycles. The van der Waals surface area contributed by atoms with Gasteiger partial charge in [0.05, 0.1) is 6.20 Å². The highest BCUT2D eigenvalue weighted by Crippen LogP contribution is 2.33. The Bertz CT molecular complexity index is 649. The van der Waals surface area contributed by atoms with Gasteiger partial charge in [-0.2, -0.15) is 0 Å². The Morgan fingerprint density at radius 2 is 1.89 bits per heavy atom. The standard InChI is InChI=1S/C8H6Br2N4O2S2/c9-5-1-4(11)2-6(10)8(5)18(15,16)13-7-3-12-14-17-7/h1-3,13H,11H2. The van der Waals surface area contributed by atoms with Gasteiger partial charge in [-0.25, -0.2) is 8.42 Å². The highest BCUT2D eigenvalue weighted by molar-refractivity contribution is 9.11. The Morgan fingerprint density at radius 3 is 2.39 bits per heavy atom. The molecular weight excluding hydrogens is 408 g/mol. The molecule has 0 saturated heterocycles. The second kappa shape index (κ2) is 5.11. The van der Waals surface area contributed by atoms with Crippen LogP contribution in [-0.2, 0) is 10.0 Å². The van der Waals surface area contributed by atoms with Crippen LogP contribution in [0.5, 0.6) is 0 Å². The van der Waals surface area contributed by atoms with Crippen LogP contribution in [-0.4, -0.2) is 18.0 Å². The maximum absolute atomic E-state index is 12.2. The monoisotopic (exact) mass is 412 g/mol. The zero-order valence-electron chi connectivity index (χ0n) is 8.59. The molecule has 18 heavy (non-hydrogen) atoms. The van der Waals surface area contributed by atoms with E-state index in [1.165, 1.54) is 18.3 Å². The highest BCUT2D eigenvalue weighted by Gasteiger charge is 2.22. The van der Waals surface area contributed by atoms with Gasteiger partial charge in [0.1, 0.15) is 9.90 Å². The second-order valence-electron chi connectivity index (χ2n) is 3.20. The summed E-state index contributed by atoms with van der Waals surface area (Å²) in [6.07, 6.45) is 1.33. The molecule has 2 aromatic rings. The molecule has 1 heterocycles. The van der Waals surface area contributed by atoms with Gasteiger partial charge in [0.15, 0.2) is 0 Å². The van der Waals surface area contributed by atoms with Gasteiger partial charge in [-0.15, -0.1) is 5.10 Å². The summed E-state index contributed by atoms with van der Waals surface area (Å²) >= 11 is 7.31. The van der Waals surface area contributed by atoms with Crippen LogP contribution in [0.3, 0.4) is 0 Å². The van der Waals surface area contributed by atoms with E-state index in [1.807, 2.05) is 0 Å². The van der Waals surface area contributed by atoms with E-state index in [2.05, 4.69) is 46.2 Å². The maximum atomic E-state index is 12.2. The molecule has 0 spiro atoms. The quantitative estimate of drug-likeness (QED) is 0.753. The van der Waals surface area contributed by atoms with Crippen LogP contribution >= 0.6 is 43.4 Å². The number of anilines is 2. The maximum Gasteiger partial charge on any atom is 0.264 e. The molecule has 1 aromatic heterocycles. The van der Waals surface area contributed by atoms with E-state index in [9.17, 15) is 8.42 Å². The largest absolute Gasteiger partial charge is 0.399 e. The van der Waals surface area contributed by atoms with Crippen molar-refractivity contribution in [1.82, 2.24) is 9.59 Å². The molecule has 0 atom stereocenters. The van der Waals surface area contributed by atoms with Crippen molar-refractivity contribution in [2.45, 2.75) is 4.90 Å². The van der Waals surface area contributed by atoms with Gasteiger partial charge >= 0.3 is 0 Å². The fraction of sp³-hybridized carbons (Fsp3) is 0. The summed E-state index contributed by atoms with van der Waals surface area (Å²) in [6.45, 7) is 0. The Hall–Kier alpha value is -0.710. The molecule has 0 saturated carbocycles. The summed E-state index contributed by atoms with van der Waals surface area (Å²) in [5.41, 5.74) is 6.07. The number of hydrogen-bond acceptors (Lipinski definition) is 6. The first kappa shape index (κ1) is 13.7. The number of nitrogen functional groups attached to an aromatic ring is 1. The van der Waals surface area contributed by atoms with Crippen LogP contribution < -0.4 is 10.5 Å². The minimum absolute atomic E-state index is 0.0742. The van der Waals surface area contributed by atoms with Gasteiger partial charge in [-0.1, -0.05) is 4.49 Å². The van der Waals surface area contributed by atoms with E-state index >= 15 is 0 Å². The minimum atomic E-state index is -3.73. The van der Waals surface area contributed by atoms with E-state index in [4.69, 9.17) is 5.73 Å². The number of rotatable bonds is 3. The molecule has 0 aliphatic rings. The van der Waals surface area contributed by atoms with Crippen LogP contribution in [0.15, 0.2) is 32.2 Å². The van der Waals surface area contributed by atoms with Crippen LogP contribution in [0.25, 0.3) is 0 Å². The Labute approximate surface area is 124 Å². The number of benzene rings is 1. The average Bonchev–Trinajstić information content (AvgIpc) is 2.66. The van der Waals surface area contributed by atoms with Crippen molar-refractivity contribution in [2.24, 2.45) is 0 Å². The number of nitrogens with zero attached hydrogens (tertiary/aromatic N) is 2. The van der Waals surface area contributed by atoms with E-state index in [1.54, 1.807) is 0 Å². The molecule has 0 aliphatic carbocycles. The third-order valence-electron chi connectivity index (χ3n) is 1.89. The number of nitrogens with one attached hydrogen (secondary N) is 1. The lowest BCUT2D eigenvalue weighted by Gasteiger charge is -2.10. The van der Waals surface area contributed by atoms with Crippen molar-refractivity contribution in [3.8, 4) is 0 Å². The third-order valence-corrected chi connectivity index (χ3v) is 5.84. The summed E-state index contributed by atoms with van der Waals surface area (Å²) in [7, 11) is -3.73. The first-order valence-corrected chi connectivity index (χ1v) is 8.29. The molecule has 3 N–H and O–H groups in total. The van der Waals surface area contributed by atoms with Crippen LogP contribution in [0.1, 0.15) is 0 Å². The van der Waals surface area contributed by atoms with Crippen molar-refractivity contribution in [1.29, 1.82) is 0 Å². The van der Waals surface area contributed by atoms with Crippen molar-refractivity contribution >= 4 is 64.1 Å². The first-order valence-electron chi connectivity index (χ1n) is 4.45. The van der Waals surface area contributed by atoms with Gasteiger partial charge in [-0.05, 0) is 44.0 Å². The molecule has 0 bridgehead atoms. The lowest BCUT2D eigenvalue weighted by molar-refractivity contribution is 0.600. The number of sulfonamides is 1. The summed E-state index contributed by atoms with van der Waals surface area (Å²) in [5.74, 6) is 0. The lowest BCUT2D eigenvalue weighted by atomic mass is 10.3. The zero-order valence-corrected chi connectivity index (χ0v) is 13.4. The van der Waals surface area contributed by atoms with Gasteiger partial charge in [0.2, 0.25) is 0 Å². The van der Waals surface area contributed by atoms with Crippen molar-refractivity contribution in [3.05, 3.63) is 27.3 Å². The van der Waals surface area contributed by atoms with Crippen molar-refractivity contribution in [3.63, 3.8) is 0 Å². The Morgan fingerprint density at radius 1 is 1.28 bits per heavy atom. The van der Waals surface area contributed by atoms with Crippen LogP contribution in [0.2, 0.25) is 0 Å². The van der Waals surface area contributed by atoms with Crippen LogP contribution in [0.4, 0.5) is 10.7 Å². The molecule has 0 radical (unpaired) electrons. The fourth-order valence-electron chi connectivity index (χ4n) is 1.23. The van der Waals surface area contributed by atoms with E-state index < -0.39 is 10.0 Å². The van der Waals surface area contributed by atoms with E-state index in [0.717, 1.165) is 11.5 Å². The molecular formula is C8H6Br2N4O2S2. The van der Waals surface area contributed by atoms with Crippen molar-refractivity contribution in [2.75, 3.05) is 10.5 Å². The highest BCUT2D eigenvalue weighted by atomic mass is 79.9. The predicted octanol–water partition coefficient (Wildman–Crippen LogP) is 2.45. The first-order chi connectivity index (χ1) is 8.40. The van der Waals surface area contributed by atoms with Gasteiger partial charge in [0.25, 0.3) is 10.0 Å². The molecule has 96 valence electrons. The Kier molecular flexibility index (Phi) is 3.90. The number of aromatic nitrogens is 2. The molecule has 0 fully saturated rings. The van der Waals surface area contributed by atoms with Gasteiger partial charge in [0, 0.05) is 26.2 Å². The summed E-state index contributed by atoms with van der Waals surface area (Å²) in [5, 5.41) is 3.90. The average molecular weight is 414 g/mol. The fourth-order valence-corrected chi connectivity index (χ4v) is 5.54. The smallest absolute Gasteiger partial charge is 0.264 e. The summed E-state index contributed by atoms with van der Waals surface area (Å²) < 4.78 is 31.1. The number of hydrogen-bond donors (Lipinski definition) is 2. The molecule has 6 nitrogen and oxygen atoms in total. The third kappa shape index (κ3) is 2.82. The van der Waals surface area contributed by atoms with Crippen molar-refractivity contribution < 1.29 is 8.42 Å². The summed E-state index contributed by atoms with van der Waals surface area (Å²) in [6, 6.07) is 3.04. The zero-order chi connectivity index (χ0) is 13.3. The summed E-state index contributed by atoms with van der Waals surface area (Å²) in [4.78, 5) is 0.0742. The molecule has 2 rings (SSSR count). The topological polar surface area (TPSA) is 98.0 Å². The number of halogens is 2. The van der Waals surface area contributed by atoms with Crippen LogP contribution in [0, 0.1) is 0 Å². The normalized spacial score (nSPS) is 11.4. The number of nitrogens with two attached hydrogens (primary N) is 1. The predicted molar refractivity (Wildman–Crippen MR) is 77.0 cm³/mol. The van der Waals surface area contributed by atoms with E-state index in [0.29, 0.717) is 19.6 Å². The van der Waals surface area contributed by atoms with Gasteiger partial charge in [-0.3, -0.25) is 4.72 Å². The molecule has 10 heteroatoms. The second-order valence-corrected chi connectivity index (χ2v) is 7.31. The van der Waals surface area contributed by atoms with E-state index in [-0.39, 0.29) is 4.90 Å². The lowest BCUT2D eigenvalue weighted by Crippen LogP contribution is -2.13. The molecule has 0 amide bonds.